The SMILES string of the molecule is C=S1CCCCC[NH+]1[CH2-]. The lowest BCUT2D eigenvalue weighted by Gasteiger charge is -2.19. The molecule has 1 N–H and O–H groups in total. The summed E-state index contributed by atoms with van der Waals surface area (Å²) in [5, 5.41) is 0. The molecule has 0 aromatic heterocycles. The fourth-order valence-corrected chi connectivity index (χ4v) is 2.34. The van der Waals surface area contributed by atoms with Crippen LogP contribution in [0.1, 0.15) is 19.3 Å². The Hall–Kier alpha value is 0.180. The van der Waals surface area contributed by atoms with Crippen LogP contribution >= 0.6 is 10.7 Å². The van der Waals surface area contributed by atoms with E-state index in [0.29, 0.717) is 10.7 Å². The highest BCUT2D eigenvalue weighted by Gasteiger charge is 2.05. The summed E-state index contributed by atoms with van der Waals surface area (Å²) >= 11 is 0. The van der Waals surface area contributed by atoms with Gasteiger partial charge in [0.15, 0.2) is 0 Å². The van der Waals surface area contributed by atoms with Crippen LogP contribution in [0.4, 0.5) is 0 Å². The van der Waals surface area contributed by atoms with Crippen LogP contribution in [0.3, 0.4) is 0 Å². The van der Waals surface area contributed by atoms with Gasteiger partial charge in [-0.25, -0.2) is 0 Å². The van der Waals surface area contributed by atoms with Gasteiger partial charge in [0.1, 0.15) is 0 Å². The molecule has 1 heterocycles. The zero-order valence-electron chi connectivity index (χ0n) is 5.86. The molecule has 1 aliphatic rings. The van der Waals surface area contributed by atoms with E-state index in [9.17, 15) is 0 Å². The van der Waals surface area contributed by atoms with Crippen LogP contribution in [0.2, 0.25) is 0 Å². The number of rotatable bonds is 0. The van der Waals surface area contributed by atoms with E-state index < -0.39 is 0 Å². The van der Waals surface area contributed by atoms with Crippen molar-refractivity contribution in [3.8, 4) is 0 Å². The summed E-state index contributed by atoms with van der Waals surface area (Å²) in [5.74, 6) is 5.36. The van der Waals surface area contributed by atoms with Gasteiger partial charge in [-0.15, -0.1) is 7.05 Å². The molecule has 54 valence electrons. The first-order valence-electron chi connectivity index (χ1n) is 3.49. The molecule has 0 amide bonds. The maximum Gasteiger partial charge on any atom is 0.0627 e. The molecule has 0 saturated carbocycles. The second kappa shape index (κ2) is 3.37. The summed E-state index contributed by atoms with van der Waals surface area (Å²) in [6.45, 7) is 1.23. The predicted octanol–water partition coefficient (Wildman–Crippen LogP) is 0.463. The van der Waals surface area contributed by atoms with Crippen molar-refractivity contribution in [2.75, 3.05) is 12.3 Å². The van der Waals surface area contributed by atoms with E-state index in [2.05, 4.69) is 12.9 Å². The maximum atomic E-state index is 4.07. The Morgan fingerprint density at radius 1 is 1.33 bits per heavy atom. The van der Waals surface area contributed by atoms with Crippen LogP contribution in [0.5, 0.6) is 0 Å². The molecule has 1 saturated heterocycles. The van der Waals surface area contributed by atoms with Crippen molar-refractivity contribution in [2.45, 2.75) is 19.3 Å². The van der Waals surface area contributed by atoms with Crippen molar-refractivity contribution in [2.24, 2.45) is 0 Å². The molecule has 0 aliphatic carbocycles. The molecule has 2 atom stereocenters. The van der Waals surface area contributed by atoms with E-state index in [0.717, 1.165) is 0 Å². The molecule has 2 unspecified atom stereocenters. The van der Waals surface area contributed by atoms with Gasteiger partial charge in [0.2, 0.25) is 0 Å². The standard InChI is InChI=1S/C7H15NS/c1-8-6-4-3-5-7-9(8)2/h8H,1-7H2. The third kappa shape index (κ3) is 2.11. The van der Waals surface area contributed by atoms with Crippen LogP contribution in [0, 0.1) is 7.05 Å². The normalized spacial score (nSPS) is 37.9. The summed E-state index contributed by atoms with van der Waals surface area (Å²) in [4.78, 5) is 0. The summed E-state index contributed by atoms with van der Waals surface area (Å²) in [5.41, 5.74) is 0. The van der Waals surface area contributed by atoms with Gasteiger partial charge in [-0.1, -0.05) is 0 Å². The van der Waals surface area contributed by atoms with Crippen molar-refractivity contribution < 1.29 is 4.31 Å². The van der Waals surface area contributed by atoms with Crippen LogP contribution in [0.15, 0.2) is 0 Å². The van der Waals surface area contributed by atoms with Gasteiger partial charge in [0.25, 0.3) is 0 Å². The molecule has 0 aromatic rings. The first-order chi connectivity index (χ1) is 4.30. The first kappa shape index (κ1) is 7.29. The largest absolute Gasteiger partial charge is 0.414 e. The van der Waals surface area contributed by atoms with Gasteiger partial charge in [-0.3, -0.25) is 0 Å². The smallest absolute Gasteiger partial charge is 0.0627 e. The van der Waals surface area contributed by atoms with E-state index in [-0.39, 0.29) is 0 Å². The highest BCUT2D eigenvalue weighted by Crippen LogP contribution is 2.07. The topological polar surface area (TPSA) is 4.44 Å². The Labute approximate surface area is 60.1 Å². The number of nitrogens with one attached hydrogen (secondary N) is 1. The van der Waals surface area contributed by atoms with E-state index in [1.54, 1.807) is 0 Å². The first-order valence-corrected chi connectivity index (χ1v) is 5.05. The van der Waals surface area contributed by atoms with Gasteiger partial charge in [-0.05, 0) is 35.8 Å². The zero-order valence-corrected chi connectivity index (χ0v) is 6.67. The lowest BCUT2D eigenvalue weighted by molar-refractivity contribution is -0.701. The van der Waals surface area contributed by atoms with Crippen LogP contribution < -0.4 is 4.31 Å². The zero-order chi connectivity index (χ0) is 6.69. The van der Waals surface area contributed by atoms with E-state index in [1.165, 1.54) is 35.9 Å². The van der Waals surface area contributed by atoms with E-state index >= 15 is 0 Å². The van der Waals surface area contributed by atoms with Crippen LogP contribution in [-0.4, -0.2) is 18.2 Å². The molecule has 1 rings (SSSR count). The minimum absolute atomic E-state index is 0.303. The number of quaternary nitrogens is 1. The second-order valence-corrected chi connectivity index (χ2v) is 4.52. The molecular formula is C7H15NS. The lowest BCUT2D eigenvalue weighted by Crippen LogP contribution is -3.00. The molecule has 1 fully saturated rings. The Morgan fingerprint density at radius 2 is 2.11 bits per heavy atom. The molecule has 2 heteroatoms. The summed E-state index contributed by atoms with van der Waals surface area (Å²) in [7, 11) is 4.31. The molecule has 0 aromatic carbocycles. The number of hydrogen-bond donors (Lipinski definition) is 1. The van der Waals surface area contributed by atoms with Gasteiger partial charge >= 0.3 is 0 Å². The maximum absolute atomic E-state index is 4.07. The van der Waals surface area contributed by atoms with Gasteiger partial charge in [-0.2, -0.15) is 0 Å². The quantitative estimate of drug-likeness (QED) is 0.373. The Bertz CT molecular complexity index is 111. The average molecular weight is 145 g/mol. The van der Waals surface area contributed by atoms with E-state index in [1.807, 2.05) is 0 Å². The molecular weight excluding hydrogens is 130 g/mol. The van der Waals surface area contributed by atoms with Crippen molar-refractivity contribution in [1.82, 2.24) is 0 Å². The Balaban J connectivity index is 2.41. The fraction of sp³-hybridized carbons (Fsp3) is 0.714. The molecule has 0 radical (unpaired) electrons. The Morgan fingerprint density at radius 3 is 2.89 bits per heavy atom. The average Bonchev–Trinajstić information content (AvgIpc) is 1.99. The highest BCUT2D eigenvalue weighted by molar-refractivity contribution is 8.08. The fourth-order valence-electron chi connectivity index (χ4n) is 1.06. The van der Waals surface area contributed by atoms with Crippen LogP contribution in [0.25, 0.3) is 0 Å². The monoisotopic (exact) mass is 145 g/mol. The molecule has 9 heavy (non-hydrogen) atoms. The molecule has 0 spiro atoms. The summed E-state index contributed by atoms with van der Waals surface area (Å²) in [6, 6.07) is 0. The minimum atomic E-state index is 0.303. The summed E-state index contributed by atoms with van der Waals surface area (Å²) < 4.78 is 1.40. The Kier molecular flexibility index (Phi) is 2.73. The third-order valence-corrected chi connectivity index (χ3v) is 3.56. The van der Waals surface area contributed by atoms with Gasteiger partial charge in [0.05, 0.1) is 6.54 Å². The highest BCUT2D eigenvalue weighted by atomic mass is 32.2. The van der Waals surface area contributed by atoms with Crippen molar-refractivity contribution >= 4 is 16.5 Å². The molecule has 1 aliphatic heterocycles. The predicted molar refractivity (Wildman–Crippen MR) is 44.6 cm³/mol. The van der Waals surface area contributed by atoms with Gasteiger partial charge < -0.3 is 4.31 Å². The molecule has 0 bridgehead atoms. The van der Waals surface area contributed by atoms with Crippen molar-refractivity contribution in [3.05, 3.63) is 7.05 Å². The van der Waals surface area contributed by atoms with Crippen LogP contribution in [-0.2, 0) is 0 Å². The van der Waals surface area contributed by atoms with Crippen molar-refractivity contribution in [3.63, 3.8) is 0 Å². The van der Waals surface area contributed by atoms with E-state index in [4.69, 9.17) is 0 Å². The minimum Gasteiger partial charge on any atom is -0.414 e. The lowest BCUT2D eigenvalue weighted by atomic mass is 10.2. The molecule has 1 nitrogen and oxygen atoms in total. The van der Waals surface area contributed by atoms with Crippen molar-refractivity contribution in [1.29, 1.82) is 0 Å². The number of hydrogen-bond acceptors (Lipinski definition) is 0. The second-order valence-electron chi connectivity index (χ2n) is 2.55. The third-order valence-electron chi connectivity index (χ3n) is 1.75. The summed E-state index contributed by atoms with van der Waals surface area (Å²) in [6.07, 6.45) is 4.10. The van der Waals surface area contributed by atoms with Gasteiger partial charge in [0, 0.05) is 5.75 Å².